The Bertz CT molecular complexity index is 272. The average molecular weight is 254 g/mol. The minimum absolute atomic E-state index is 0.667. The lowest BCUT2D eigenvalue weighted by atomic mass is 10.1. The summed E-state index contributed by atoms with van der Waals surface area (Å²) >= 11 is 1.85. The van der Waals surface area contributed by atoms with E-state index >= 15 is 0 Å². The second kappa shape index (κ2) is 8.67. The van der Waals surface area contributed by atoms with E-state index in [0.717, 1.165) is 19.6 Å². The molecule has 0 bridgehead atoms. The number of hydrogen-bond donors (Lipinski definition) is 1. The van der Waals surface area contributed by atoms with E-state index in [1.807, 2.05) is 11.3 Å². The van der Waals surface area contributed by atoms with Gasteiger partial charge in [0.05, 0.1) is 0 Å². The molecule has 0 saturated carbocycles. The van der Waals surface area contributed by atoms with Crippen molar-refractivity contribution in [2.24, 2.45) is 0 Å². The van der Waals surface area contributed by atoms with Crippen molar-refractivity contribution < 1.29 is 0 Å². The summed E-state index contributed by atoms with van der Waals surface area (Å²) in [5, 5.41) is 5.61. The molecule has 3 heteroatoms. The Morgan fingerprint density at radius 2 is 2.24 bits per heavy atom. The minimum Gasteiger partial charge on any atom is -0.317 e. The standard InChI is InChI=1S/C14H26N2S/c1-4-9-15-10-5-7-13(2)16(3)12-14-8-6-11-17-14/h6,8,11,13,15H,4-5,7,9-10,12H2,1-3H3. The summed E-state index contributed by atoms with van der Waals surface area (Å²) < 4.78 is 0. The molecule has 17 heavy (non-hydrogen) atoms. The number of rotatable bonds is 9. The molecule has 1 rings (SSSR count). The third-order valence-electron chi connectivity index (χ3n) is 3.14. The fraction of sp³-hybridized carbons (Fsp3) is 0.714. The maximum absolute atomic E-state index is 3.46. The van der Waals surface area contributed by atoms with Gasteiger partial charge in [-0.1, -0.05) is 13.0 Å². The Morgan fingerprint density at radius 3 is 2.88 bits per heavy atom. The first-order valence-corrected chi connectivity index (χ1v) is 7.55. The van der Waals surface area contributed by atoms with E-state index in [4.69, 9.17) is 0 Å². The summed E-state index contributed by atoms with van der Waals surface area (Å²) in [5.74, 6) is 0. The van der Waals surface area contributed by atoms with Crippen LogP contribution in [-0.4, -0.2) is 31.1 Å². The van der Waals surface area contributed by atoms with Gasteiger partial charge in [0, 0.05) is 17.5 Å². The molecule has 1 heterocycles. The van der Waals surface area contributed by atoms with Gasteiger partial charge in [0.15, 0.2) is 0 Å². The molecule has 2 nitrogen and oxygen atoms in total. The SMILES string of the molecule is CCCNCCCC(C)N(C)Cc1cccs1. The summed E-state index contributed by atoms with van der Waals surface area (Å²) in [6.07, 6.45) is 3.78. The maximum atomic E-state index is 3.46. The van der Waals surface area contributed by atoms with Crippen LogP contribution in [0.25, 0.3) is 0 Å². The lowest BCUT2D eigenvalue weighted by Gasteiger charge is -2.24. The molecule has 0 saturated heterocycles. The largest absolute Gasteiger partial charge is 0.317 e. The number of thiophene rings is 1. The average Bonchev–Trinajstić information content (AvgIpc) is 2.81. The van der Waals surface area contributed by atoms with Gasteiger partial charge in [-0.3, -0.25) is 4.90 Å². The van der Waals surface area contributed by atoms with E-state index in [0.29, 0.717) is 6.04 Å². The van der Waals surface area contributed by atoms with Crippen LogP contribution in [0.2, 0.25) is 0 Å². The van der Waals surface area contributed by atoms with Gasteiger partial charge in [-0.2, -0.15) is 0 Å². The van der Waals surface area contributed by atoms with Gasteiger partial charge < -0.3 is 5.32 Å². The first kappa shape index (κ1) is 14.7. The molecule has 1 aromatic rings. The Kier molecular flexibility index (Phi) is 7.49. The fourth-order valence-electron chi connectivity index (χ4n) is 1.85. The Labute approximate surface area is 110 Å². The molecule has 1 unspecified atom stereocenters. The summed E-state index contributed by atoms with van der Waals surface area (Å²) in [6.45, 7) is 7.93. The third kappa shape index (κ3) is 6.20. The number of nitrogens with one attached hydrogen (secondary N) is 1. The molecule has 0 fully saturated rings. The molecule has 0 aliphatic carbocycles. The molecule has 1 N–H and O–H groups in total. The van der Waals surface area contributed by atoms with E-state index in [1.165, 1.54) is 24.1 Å². The third-order valence-corrected chi connectivity index (χ3v) is 4.00. The lowest BCUT2D eigenvalue weighted by molar-refractivity contribution is 0.236. The molecule has 0 aromatic carbocycles. The normalized spacial score (nSPS) is 13.2. The van der Waals surface area contributed by atoms with Crippen molar-refractivity contribution in [3.63, 3.8) is 0 Å². The van der Waals surface area contributed by atoms with E-state index < -0.39 is 0 Å². The van der Waals surface area contributed by atoms with Crippen LogP contribution < -0.4 is 5.32 Å². The molecule has 0 amide bonds. The Balaban J connectivity index is 2.11. The Morgan fingerprint density at radius 1 is 1.41 bits per heavy atom. The van der Waals surface area contributed by atoms with Crippen LogP contribution in [-0.2, 0) is 6.54 Å². The van der Waals surface area contributed by atoms with Crippen LogP contribution in [0.5, 0.6) is 0 Å². The maximum Gasteiger partial charge on any atom is 0.0327 e. The van der Waals surface area contributed by atoms with Crippen LogP contribution in [0.1, 0.15) is 38.0 Å². The van der Waals surface area contributed by atoms with Crippen LogP contribution in [0, 0.1) is 0 Å². The summed E-state index contributed by atoms with van der Waals surface area (Å²) in [7, 11) is 2.23. The van der Waals surface area contributed by atoms with E-state index in [1.54, 1.807) is 0 Å². The van der Waals surface area contributed by atoms with Gasteiger partial charge in [0.25, 0.3) is 0 Å². The molecule has 98 valence electrons. The minimum atomic E-state index is 0.667. The van der Waals surface area contributed by atoms with E-state index in [9.17, 15) is 0 Å². The van der Waals surface area contributed by atoms with E-state index in [2.05, 4.69) is 48.6 Å². The van der Waals surface area contributed by atoms with Crippen molar-refractivity contribution in [3.8, 4) is 0 Å². The highest BCUT2D eigenvalue weighted by molar-refractivity contribution is 7.09. The molecule has 1 atom stereocenters. The second-order valence-corrected chi connectivity index (χ2v) is 5.77. The van der Waals surface area contributed by atoms with Crippen LogP contribution in [0.4, 0.5) is 0 Å². The quantitative estimate of drug-likeness (QED) is 0.680. The van der Waals surface area contributed by atoms with Gasteiger partial charge in [0.2, 0.25) is 0 Å². The molecule has 1 aromatic heterocycles. The highest BCUT2D eigenvalue weighted by Crippen LogP contribution is 2.14. The number of nitrogens with zero attached hydrogens (tertiary/aromatic N) is 1. The molecule has 0 radical (unpaired) electrons. The van der Waals surface area contributed by atoms with Crippen molar-refractivity contribution >= 4 is 11.3 Å². The first-order valence-electron chi connectivity index (χ1n) is 6.67. The van der Waals surface area contributed by atoms with Crippen molar-refractivity contribution in [1.29, 1.82) is 0 Å². The van der Waals surface area contributed by atoms with Crippen molar-refractivity contribution in [2.75, 3.05) is 20.1 Å². The zero-order chi connectivity index (χ0) is 12.5. The predicted molar refractivity (Wildman–Crippen MR) is 77.6 cm³/mol. The van der Waals surface area contributed by atoms with Gasteiger partial charge in [-0.25, -0.2) is 0 Å². The van der Waals surface area contributed by atoms with Crippen LogP contribution >= 0.6 is 11.3 Å². The molecular weight excluding hydrogens is 228 g/mol. The monoisotopic (exact) mass is 254 g/mol. The molecule has 0 aliphatic rings. The van der Waals surface area contributed by atoms with Crippen LogP contribution in [0.3, 0.4) is 0 Å². The number of hydrogen-bond acceptors (Lipinski definition) is 3. The molecular formula is C14H26N2S. The van der Waals surface area contributed by atoms with Crippen molar-refractivity contribution in [2.45, 2.75) is 45.7 Å². The predicted octanol–water partition coefficient (Wildman–Crippen LogP) is 3.35. The highest BCUT2D eigenvalue weighted by atomic mass is 32.1. The summed E-state index contributed by atoms with van der Waals surface area (Å²) in [5.41, 5.74) is 0. The molecule has 0 spiro atoms. The first-order chi connectivity index (χ1) is 8.24. The highest BCUT2D eigenvalue weighted by Gasteiger charge is 2.09. The molecule has 0 aliphatic heterocycles. The van der Waals surface area contributed by atoms with E-state index in [-0.39, 0.29) is 0 Å². The van der Waals surface area contributed by atoms with Crippen LogP contribution in [0.15, 0.2) is 17.5 Å². The zero-order valence-electron chi connectivity index (χ0n) is 11.4. The summed E-state index contributed by atoms with van der Waals surface area (Å²) in [6, 6.07) is 5.02. The fourth-order valence-corrected chi connectivity index (χ4v) is 2.62. The second-order valence-electron chi connectivity index (χ2n) is 4.74. The lowest BCUT2D eigenvalue weighted by Crippen LogP contribution is -2.29. The van der Waals surface area contributed by atoms with Gasteiger partial charge >= 0.3 is 0 Å². The van der Waals surface area contributed by atoms with Crippen molar-refractivity contribution in [1.82, 2.24) is 10.2 Å². The van der Waals surface area contributed by atoms with Crippen molar-refractivity contribution in [3.05, 3.63) is 22.4 Å². The smallest absolute Gasteiger partial charge is 0.0327 e. The van der Waals surface area contributed by atoms with Gasteiger partial charge in [-0.05, 0) is 57.8 Å². The Hall–Kier alpha value is -0.380. The van der Waals surface area contributed by atoms with Gasteiger partial charge in [-0.15, -0.1) is 11.3 Å². The van der Waals surface area contributed by atoms with Gasteiger partial charge in [0.1, 0.15) is 0 Å². The summed E-state index contributed by atoms with van der Waals surface area (Å²) in [4.78, 5) is 3.91. The topological polar surface area (TPSA) is 15.3 Å². The zero-order valence-corrected chi connectivity index (χ0v) is 12.2.